The standard InChI is InChI=1S/C12H21NO/c1-4-10-7-11(5-2)9-13(6-3)12(14)8-10/h6,10-11H,3-5,7-9H2,1-2H3. The third-order valence-corrected chi connectivity index (χ3v) is 3.28. The number of rotatable bonds is 3. The lowest BCUT2D eigenvalue weighted by molar-refractivity contribution is -0.129. The molecule has 0 aromatic rings. The van der Waals surface area contributed by atoms with Crippen LogP contribution in [0.25, 0.3) is 0 Å². The monoisotopic (exact) mass is 195 g/mol. The van der Waals surface area contributed by atoms with E-state index in [1.165, 1.54) is 6.42 Å². The molecule has 2 atom stereocenters. The number of hydrogen-bond acceptors (Lipinski definition) is 1. The van der Waals surface area contributed by atoms with Crippen LogP contribution >= 0.6 is 0 Å². The maximum Gasteiger partial charge on any atom is 0.226 e. The van der Waals surface area contributed by atoms with Crippen LogP contribution in [0.15, 0.2) is 12.8 Å². The van der Waals surface area contributed by atoms with Gasteiger partial charge in [-0.3, -0.25) is 4.79 Å². The van der Waals surface area contributed by atoms with Crippen molar-refractivity contribution in [2.24, 2.45) is 11.8 Å². The Hall–Kier alpha value is -0.790. The fourth-order valence-corrected chi connectivity index (χ4v) is 2.16. The molecule has 0 aliphatic carbocycles. The van der Waals surface area contributed by atoms with Crippen LogP contribution in [0.3, 0.4) is 0 Å². The number of carbonyl (C=O) groups is 1. The highest BCUT2D eigenvalue weighted by molar-refractivity contribution is 5.77. The van der Waals surface area contributed by atoms with Gasteiger partial charge < -0.3 is 4.90 Å². The van der Waals surface area contributed by atoms with Crippen LogP contribution in [-0.4, -0.2) is 17.4 Å². The Bertz CT molecular complexity index is 212. The van der Waals surface area contributed by atoms with Crippen LogP contribution in [0.4, 0.5) is 0 Å². The summed E-state index contributed by atoms with van der Waals surface area (Å²) in [5, 5.41) is 0. The van der Waals surface area contributed by atoms with Crippen molar-refractivity contribution in [3.8, 4) is 0 Å². The first-order valence-electron chi connectivity index (χ1n) is 5.63. The van der Waals surface area contributed by atoms with Crippen LogP contribution < -0.4 is 0 Å². The second-order valence-electron chi connectivity index (χ2n) is 4.22. The molecule has 14 heavy (non-hydrogen) atoms. The molecule has 80 valence electrons. The Morgan fingerprint density at radius 1 is 1.43 bits per heavy atom. The van der Waals surface area contributed by atoms with E-state index in [0.717, 1.165) is 19.4 Å². The molecule has 0 bridgehead atoms. The molecule has 0 aromatic carbocycles. The first kappa shape index (κ1) is 11.3. The zero-order valence-corrected chi connectivity index (χ0v) is 9.33. The molecule has 0 spiro atoms. The fraction of sp³-hybridized carbons (Fsp3) is 0.750. The molecule has 0 N–H and O–H groups in total. The average Bonchev–Trinajstić information content (AvgIpc) is 2.36. The van der Waals surface area contributed by atoms with Crippen LogP contribution in [0.5, 0.6) is 0 Å². The molecule has 0 aromatic heterocycles. The Morgan fingerprint density at radius 2 is 2.07 bits per heavy atom. The summed E-state index contributed by atoms with van der Waals surface area (Å²) in [6.45, 7) is 8.95. The van der Waals surface area contributed by atoms with Gasteiger partial charge in [-0.2, -0.15) is 0 Å². The van der Waals surface area contributed by atoms with Gasteiger partial charge in [0.05, 0.1) is 0 Å². The van der Waals surface area contributed by atoms with Crippen LogP contribution in [-0.2, 0) is 4.79 Å². The quantitative estimate of drug-likeness (QED) is 0.678. The van der Waals surface area contributed by atoms with Gasteiger partial charge >= 0.3 is 0 Å². The zero-order valence-electron chi connectivity index (χ0n) is 9.33. The normalized spacial score (nSPS) is 28.7. The Labute approximate surface area is 87.0 Å². The highest BCUT2D eigenvalue weighted by Gasteiger charge is 2.25. The van der Waals surface area contributed by atoms with Crippen molar-refractivity contribution < 1.29 is 4.79 Å². The average molecular weight is 195 g/mol. The van der Waals surface area contributed by atoms with Crippen molar-refractivity contribution in [2.45, 2.75) is 39.5 Å². The molecule has 1 fully saturated rings. The van der Waals surface area contributed by atoms with E-state index in [9.17, 15) is 4.79 Å². The van der Waals surface area contributed by atoms with Crippen molar-refractivity contribution in [1.29, 1.82) is 0 Å². The molecule has 0 saturated carbocycles. The maximum atomic E-state index is 11.7. The number of likely N-dealkylation sites (tertiary alicyclic amines) is 1. The smallest absolute Gasteiger partial charge is 0.226 e. The van der Waals surface area contributed by atoms with Gasteiger partial charge in [0.25, 0.3) is 0 Å². The van der Waals surface area contributed by atoms with E-state index < -0.39 is 0 Å². The molecule has 1 amide bonds. The molecular formula is C12H21NO. The van der Waals surface area contributed by atoms with E-state index in [0.29, 0.717) is 18.3 Å². The number of amides is 1. The molecule has 1 heterocycles. The second kappa shape index (κ2) is 5.18. The first-order chi connectivity index (χ1) is 6.71. The summed E-state index contributed by atoms with van der Waals surface area (Å²) in [7, 11) is 0. The topological polar surface area (TPSA) is 20.3 Å². The predicted molar refractivity (Wildman–Crippen MR) is 58.7 cm³/mol. The predicted octanol–water partition coefficient (Wildman–Crippen LogP) is 2.80. The molecule has 1 rings (SSSR count). The molecule has 2 heteroatoms. The minimum atomic E-state index is 0.253. The number of hydrogen-bond donors (Lipinski definition) is 0. The minimum absolute atomic E-state index is 0.253. The third-order valence-electron chi connectivity index (χ3n) is 3.28. The summed E-state index contributed by atoms with van der Waals surface area (Å²) in [6.07, 6.45) is 5.87. The van der Waals surface area contributed by atoms with Gasteiger partial charge in [-0.15, -0.1) is 0 Å². The van der Waals surface area contributed by atoms with E-state index in [-0.39, 0.29) is 5.91 Å². The van der Waals surface area contributed by atoms with Crippen molar-refractivity contribution in [1.82, 2.24) is 4.90 Å². The van der Waals surface area contributed by atoms with Gasteiger partial charge in [0.1, 0.15) is 0 Å². The lowest BCUT2D eigenvalue weighted by Gasteiger charge is -2.19. The first-order valence-corrected chi connectivity index (χ1v) is 5.63. The van der Waals surface area contributed by atoms with Gasteiger partial charge in [-0.25, -0.2) is 0 Å². The molecule has 1 aliphatic heterocycles. The SMILES string of the molecule is C=CN1CC(CC)CC(CC)CC1=O. The fourth-order valence-electron chi connectivity index (χ4n) is 2.16. The van der Waals surface area contributed by atoms with Crippen molar-refractivity contribution in [3.63, 3.8) is 0 Å². The van der Waals surface area contributed by atoms with Crippen LogP contribution in [0.2, 0.25) is 0 Å². The maximum absolute atomic E-state index is 11.7. The summed E-state index contributed by atoms with van der Waals surface area (Å²) in [6, 6.07) is 0. The molecule has 2 nitrogen and oxygen atoms in total. The number of nitrogens with zero attached hydrogens (tertiary/aromatic N) is 1. The van der Waals surface area contributed by atoms with E-state index in [4.69, 9.17) is 0 Å². The van der Waals surface area contributed by atoms with Crippen LogP contribution in [0.1, 0.15) is 39.5 Å². The van der Waals surface area contributed by atoms with E-state index in [1.54, 1.807) is 11.1 Å². The molecule has 2 unspecified atom stereocenters. The summed E-state index contributed by atoms with van der Waals surface area (Å²) in [4.78, 5) is 13.5. The number of carbonyl (C=O) groups excluding carboxylic acids is 1. The Morgan fingerprint density at radius 3 is 2.57 bits per heavy atom. The van der Waals surface area contributed by atoms with Crippen molar-refractivity contribution >= 4 is 5.91 Å². The van der Waals surface area contributed by atoms with Crippen LogP contribution in [0, 0.1) is 11.8 Å². The van der Waals surface area contributed by atoms with Gasteiger partial charge in [-0.1, -0.05) is 33.3 Å². The van der Waals surface area contributed by atoms with E-state index in [1.807, 2.05) is 0 Å². The highest BCUT2D eigenvalue weighted by Crippen LogP contribution is 2.27. The molecule has 0 radical (unpaired) electrons. The van der Waals surface area contributed by atoms with Gasteiger partial charge in [-0.05, 0) is 24.5 Å². The second-order valence-corrected chi connectivity index (χ2v) is 4.22. The third kappa shape index (κ3) is 2.60. The Balaban J connectivity index is 2.70. The molecular weight excluding hydrogens is 174 g/mol. The summed E-state index contributed by atoms with van der Waals surface area (Å²) < 4.78 is 0. The van der Waals surface area contributed by atoms with Gasteiger partial charge in [0.2, 0.25) is 5.91 Å². The van der Waals surface area contributed by atoms with E-state index in [2.05, 4.69) is 20.4 Å². The van der Waals surface area contributed by atoms with Crippen molar-refractivity contribution in [3.05, 3.63) is 12.8 Å². The minimum Gasteiger partial charge on any atom is -0.319 e. The van der Waals surface area contributed by atoms with Crippen molar-refractivity contribution in [2.75, 3.05) is 6.54 Å². The zero-order chi connectivity index (χ0) is 10.6. The lowest BCUT2D eigenvalue weighted by Crippen LogP contribution is -2.27. The largest absolute Gasteiger partial charge is 0.319 e. The summed E-state index contributed by atoms with van der Waals surface area (Å²) >= 11 is 0. The van der Waals surface area contributed by atoms with E-state index >= 15 is 0 Å². The highest BCUT2D eigenvalue weighted by atomic mass is 16.2. The molecule has 1 saturated heterocycles. The lowest BCUT2D eigenvalue weighted by atomic mass is 9.90. The summed E-state index contributed by atoms with van der Waals surface area (Å²) in [5.41, 5.74) is 0. The summed E-state index contributed by atoms with van der Waals surface area (Å²) in [5.74, 6) is 1.49. The molecule has 1 aliphatic rings. The Kier molecular flexibility index (Phi) is 4.18. The van der Waals surface area contributed by atoms with Gasteiger partial charge in [0, 0.05) is 13.0 Å². The van der Waals surface area contributed by atoms with Gasteiger partial charge in [0.15, 0.2) is 0 Å².